The van der Waals surface area contributed by atoms with Crippen molar-refractivity contribution >= 4 is 12.0 Å². The molecule has 0 amide bonds. The van der Waals surface area contributed by atoms with Gasteiger partial charge >= 0.3 is 5.97 Å². The van der Waals surface area contributed by atoms with Crippen LogP contribution in [0.5, 0.6) is 0 Å². The number of benzene rings is 1. The molecule has 0 bridgehead atoms. The number of hydrogen-bond donors (Lipinski definition) is 1. The highest BCUT2D eigenvalue weighted by Crippen LogP contribution is 2.29. The van der Waals surface area contributed by atoms with E-state index in [1.807, 2.05) is 18.2 Å². The molecule has 3 nitrogen and oxygen atoms in total. The maximum atomic E-state index is 10.5. The number of carboxylic acids is 1. The second-order valence-electron chi connectivity index (χ2n) is 5.06. The number of carboxylic acid groups (broad SMARTS) is 1. The molecule has 0 atom stereocenters. The van der Waals surface area contributed by atoms with Gasteiger partial charge in [-0.25, -0.2) is 4.79 Å². The third-order valence-corrected chi connectivity index (χ3v) is 3.09. The topological polar surface area (TPSA) is 40.5 Å². The lowest BCUT2D eigenvalue weighted by atomic mass is 10.1. The molecule has 1 N–H and O–H groups in total. The van der Waals surface area contributed by atoms with Crippen LogP contribution in [0.15, 0.2) is 30.3 Å². The van der Waals surface area contributed by atoms with Crippen LogP contribution in [0.4, 0.5) is 0 Å². The minimum Gasteiger partial charge on any atom is -0.478 e. The van der Waals surface area contributed by atoms with E-state index < -0.39 is 5.97 Å². The van der Waals surface area contributed by atoms with Gasteiger partial charge in [0, 0.05) is 19.2 Å². The number of hydrogen-bond acceptors (Lipinski definition) is 2. The van der Waals surface area contributed by atoms with Gasteiger partial charge in [0.25, 0.3) is 0 Å². The molecule has 1 aliphatic rings. The van der Waals surface area contributed by atoms with Gasteiger partial charge in [-0.3, -0.25) is 0 Å². The summed E-state index contributed by atoms with van der Waals surface area (Å²) in [6, 6.07) is 8.02. The molecule has 0 heterocycles. The lowest BCUT2D eigenvalue weighted by Gasteiger charge is -2.16. The molecule has 1 saturated carbocycles. The van der Waals surface area contributed by atoms with Gasteiger partial charge in [-0.05, 0) is 43.0 Å². The average Bonchev–Trinajstić information content (AvgIpc) is 3.10. The first-order valence-corrected chi connectivity index (χ1v) is 6.32. The highest BCUT2D eigenvalue weighted by molar-refractivity contribution is 5.85. The summed E-state index contributed by atoms with van der Waals surface area (Å²) in [5, 5.41) is 8.60. The smallest absolute Gasteiger partial charge is 0.328 e. The van der Waals surface area contributed by atoms with Crippen molar-refractivity contribution in [2.45, 2.75) is 19.4 Å². The van der Waals surface area contributed by atoms with Crippen molar-refractivity contribution in [2.75, 3.05) is 13.6 Å². The molecule has 0 aromatic heterocycles. The predicted octanol–water partition coefficient (Wildman–Crippen LogP) is 2.63. The quantitative estimate of drug-likeness (QED) is 0.783. The molecule has 1 fully saturated rings. The van der Waals surface area contributed by atoms with E-state index in [0.717, 1.165) is 24.6 Å². The first-order chi connectivity index (χ1) is 8.63. The molecule has 3 heteroatoms. The van der Waals surface area contributed by atoms with Gasteiger partial charge in [-0.2, -0.15) is 0 Å². The summed E-state index contributed by atoms with van der Waals surface area (Å²) in [6.07, 6.45) is 5.54. The molecule has 1 aromatic rings. The predicted molar refractivity (Wildman–Crippen MR) is 72.2 cm³/mol. The van der Waals surface area contributed by atoms with Crippen LogP contribution in [0.25, 0.3) is 6.08 Å². The van der Waals surface area contributed by atoms with Gasteiger partial charge in [0.2, 0.25) is 0 Å². The lowest BCUT2D eigenvalue weighted by Crippen LogP contribution is -2.20. The van der Waals surface area contributed by atoms with Crippen molar-refractivity contribution in [3.8, 4) is 0 Å². The monoisotopic (exact) mass is 245 g/mol. The van der Waals surface area contributed by atoms with Crippen molar-refractivity contribution < 1.29 is 9.90 Å². The molecule has 0 radical (unpaired) electrons. The summed E-state index contributed by atoms with van der Waals surface area (Å²) in [4.78, 5) is 12.8. The lowest BCUT2D eigenvalue weighted by molar-refractivity contribution is -0.131. The van der Waals surface area contributed by atoms with Crippen molar-refractivity contribution in [1.82, 2.24) is 4.90 Å². The maximum absolute atomic E-state index is 10.5. The zero-order valence-electron chi connectivity index (χ0n) is 10.7. The first kappa shape index (κ1) is 12.8. The summed E-state index contributed by atoms with van der Waals surface area (Å²) >= 11 is 0. The number of carbonyl (C=O) groups is 1. The highest BCUT2D eigenvalue weighted by Gasteiger charge is 2.22. The van der Waals surface area contributed by atoms with E-state index in [1.54, 1.807) is 6.08 Å². The van der Waals surface area contributed by atoms with Crippen LogP contribution < -0.4 is 0 Å². The van der Waals surface area contributed by atoms with Crippen LogP contribution in [0.1, 0.15) is 24.0 Å². The number of rotatable bonds is 6. The Morgan fingerprint density at radius 3 is 2.94 bits per heavy atom. The van der Waals surface area contributed by atoms with E-state index >= 15 is 0 Å². The van der Waals surface area contributed by atoms with Crippen molar-refractivity contribution in [3.05, 3.63) is 41.5 Å². The molecular weight excluding hydrogens is 226 g/mol. The fraction of sp³-hybridized carbons (Fsp3) is 0.400. The SMILES string of the molecule is CN(Cc1cccc(/C=C/C(=O)O)c1)CC1CC1. The summed E-state index contributed by atoms with van der Waals surface area (Å²) < 4.78 is 0. The van der Waals surface area contributed by atoms with Crippen LogP contribution in [-0.2, 0) is 11.3 Å². The first-order valence-electron chi connectivity index (χ1n) is 6.32. The summed E-state index contributed by atoms with van der Waals surface area (Å²) in [5.74, 6) is -0.0173. The van der Waals surface area contributed by atoms with E-state index in [-0.39, 0.29) is 0 Å². The minimum atomic E-state index is -0.911. The molecule has 0 saturated heterocycles. The van der Waals surface area contributed by atoms with Crippen LogP contribution in [0.3, 0.4) is 0 Å². The van der Waals surface area contributed by atoms with E-state index in [0.29, 0.717) is 0 Å². The van der Waals surface area contributed by atoms with Crippen LogP contribution in [-0.4, -0.2) is 29.6 Å². The van der Waals surface area contributed by atoms with Crippen molar-refractivity contribution in [2.24, 2.45) is 5.92 Å². The molecular formula is C15H19NO2. The Kier molecular flexibility index (Phi) is 4.15. The normalized spacial score (nSPS) is 15.4. The highest BCUT2D eigenvalue weighted by atomic mass is 16.4. The summed E-state index contributed by atoms with van der Waals surface area (Å²) in [5.41, 5.74) is 2.17. The fourth-order valence-corrected chi connectivity index (χ4v) is 2.08. The van der Waals surface area contributed by atoms with Crippen molar-refractivity contribution in [3.63, 3.8) is 0 Å². The average molecular weight is 245 g/mol. The molecule has 0 aliphatic heterocycles. The molecule has 18 heavy (non-hydrogen) atoms. The van der Waals surface area contributed by atoms with Gasteiger partial charge in [0.15, 0.2) is 0 Å². The molecule has 0 spiro atoms. The Hall–Kier alpha value is -1.61. The zero-order chi connectivity index (χ0) is 13.0. The Bertz CT molecular complexity index is 450. The fourth-order valence-electron chi connectivity index (χ4n) is 2.08. The third kappa shape index (κ3) is 4.34. The van der Waals surface area contributed by atoms with E-state index in [9.17, 15) is 4.79 Å². The second kappa shape index (κ2) is 5.83. The van der Waals surface area contributed by atoms with Gasteiger partial charge in [-0.1, -0.05) is 24.3 Å². The van der Waals surface area contributed by atoms with E-state index in [4.69, 9.17) is 5.11 Å². The van der Waals surface area contributed by atoms with Gasteiger partial charge in [0.1, 0.15) is 0 Å². The molecule has 1 aromatic carbocycles. The Labute approximate surface area is 108 Å². The molecule has 96 valence electrons. The van der Waals surface area contributed by atoms with E-state index in [1.165, 1.54) is 24.5 Å². The largest absolute Gasteiger partial charge is 0.478 e. The Morgan fingerprint density at radius 2 is 2.28 bits per heavy atom. The number of nitrogens with zero attached hydrogens (tertiary/aromatic N) is 1. The summed E-state index contributed by atoms with van der Waals surface area (Å²) in [7, 11) is 2.14. The summed E-state index contributed by atoms with van der Waals surface area (Å²) in [6.45, 7) is 2.08. The van der Waals surface area contributed by atoms with Gasteiger partial charge in [0.05, 0.1) is 0 Å². The zero-order valence-corrected chi connectivity index (χ0v) is 10.7. The van der Waals surface area contributed by atoms with Gasteiger partial charge in [-0.15, -0.1) is 0 Å². The van der Waals surface area contributed by atoms with Gasteiger partial charge < -0.3 is 10.0 Å². The second-order valence-corrected chi connectivity index (χ2v) is 5.06. The van der Waals surface area contributed by atoms with Crippen LogP contribution in [0.2, 0.25) is 0 Å². The Morgan fingerprint density at radius 1 is 1.50 bits per heavy atom. The minimum absolute atomic E-state index is 0.894. The van der Waals surface area contributed by atoms with Crippen LogP contribution in [0, 0.1) is 5.92 Å². The molecule has 0 unspecified atom stereocenters. The standard InChI is InChI=1S/C15H19NO2/c1-16(10-13-5-6-13)11-14-4-2-3-12(9-14)7-8-15(17)18/h2-4,7-9,13H,5-6,10-11H2,1H3,(H,17,18)/b8-7+. The molecule has 1 aliphatic carbocycles. The van der Waals surface area contributed by atoms with Crippen LogP contribution >= 0.6 is 0 Å². The number of aliphatic carboxylic acids is 1. The van der Waals surface area contributed by atoms with E-state index in [2.05, 4.69) is 18.0 Å². The maximum Gasteiger partial charge on any atom is 0.328 e. The third-order valence-electron chi connectivity index (χ3n) is 3.09. The van der Waals surface area contributed by atoms with Crippen molar-refractivity contribution in [1.29, 1.82) is 0 Å². The Balaban J connectivity index is 1.95. The molecule has 2 rings (SSSR count).